The molecule has 0 heterocycles. The molecule has 0 atom stereocenters. The molecule has 5 heteroatoms. The molecule has 1 amide bonds. The van der Waals surface area contributed by atoms with Gasteiger partial charge in [-0.05, 0) is 12.1 Å². The number of nitrogens with one attached hydrogen (secondary N) is 1. The molecule has 84 valence electrons. The van der Waals surface area contributed by atoms with E-state index in [9.17, 15) is 9.90 Å². The Hall–Kier alpha value is -1.67. The van der Waals surface area contributed by atoms with Gasteiger partial charge in [0, 0.05) is 11.4 Å². The minimum Gasteiger partial charge on any atom is -0.507 e. The van der Waals surface area contributed by atoms with Crippen molar-refractivity contribution >= 4 is 17.7 Å². The number of phenolic OH excluding ortho intramolecular Hbond substituents is 1. The molecule has 0 aliphatic carbocycles. The summed E-state index contributed by atoms with van der Waals surface area (Å²) in [6.07, 6.45) is 0.312. The number of amides is 1. The lowest BCUT2D eigenvalue weighted by molar-refractivity contribution is -0.118. The number of nitrogens with zero attached hydrogens (tertiary/aromatic N) is 1. The minimum absolute atomic E-state index is 0.136. The fraction of sp³-hybridized carbons (Fsp3) is 0.273. The van der Waals surface area contributed by atoms with Crippen LogP contribution in [0.5, 0.6) is 5.75 Å². The predicted octanol–water partition coefficient (Wildman–Crippen LogP) is 1.51. The van der Waals surface area contributed by atoms with Crippen molar-refractivity contribution in [3.63, 3.8) is 0 Å². The number of carbonyl (C=O) groups excluding carboxylic acids is 1. The van der Waals surface area contributed by atoms with Crippen molar-refractivity contribution in [2.75, 3.05) is 12.3 Å². The van der Waals surface area contributed by atoms with Gasteiger partial charge in [0.15, 0.2) is 0 Å². The van der Waals surface area contributed by atoms with E-state index in [1.807, 2.05) is 6.07 Å². The Morgan fingerprint density at radius 1 is 1.50 bits per heavy atom. The van der Waals surface area contributed by atoms with Gasteiger partial charge in [-0.2, -0.15) is 5.26 Å². The SMILES string of the molecule is N#CCCNC(=O)CSc1ccccc1O. The lowest BCUT2D eigenvalue weighted by Gasteiger charge is -2.04. The van der Waals surface area contributed by atoms with Crippen LogP contribution < -0.4 is 5.32 Å². The maximum Gasteiger partial charge on any atom is 0.230 e. The summed E-state index contributed by atoms with van der Waals surface area (Å²) in [5.41, 5.74) is 0. The van der Waals surface area contributed by atoms with Gasteiger partial charge >= 0.3 is 0 Å². The van der Waals surface area contributed by atoms with Crippen molar-refractivity contribution in [2.24, 2.45) is 0 Å². The molecule has 1 rings (SSSR count). The van der Waals surface area contributed by atoms with E-state index >= 15 is 0 Å². The molecule has 2 N–H and O–H groups in total. The molecule has 1 aromatic rings. The molecule has 0 saturated carbocycles. The van der Waals surface area contributed by atoms with E-state index in [4.69, 9.17) is 5.26 Å². The first-order valence-electron chi connectivity index (χ1n) is 4.78. The number of thioether (sulfide) groups is 1. The summed E-state index contributed by atoms with van der Waals surface area (Å²) >= 11 is 1.27. The number of benzene rings is 1. The third-order valence-electron chi connectivity index (χ3n) is 1.78. The molecular formula is C11H12N2O2S. The summed E-state index contributed by atoms with van der Waals surface area (Å²) in [6, 6.07) is 8.81. The zero-order valence-electron chi connectivity index (χ0n) is 8.64. The maximum atomic E-state index is 11.3. The summed E-state index contributed by atoms with van der Waals surface area (Å²) < 4.78 is 0. The van der Waals surface area contributed by atoms with Crippen LogP contribution in [0, 0.1) is 11.3 Å². The van der Waals surface area contributed by atoms with E-state index in [1.165, 1.54) is 11.8 Å². The van der Waals surface area contributed by atoms with Crippen LogP contribution in [-0.2, 0) is 4.79 Å². The lowest BCUT2D eigenvalue weighted by atomic mass is 10.3. The molecule has 16 heavy (non-hydrogen) atoms. The second kappa shape index (κ2) is 6.75. The highest BCUT2D eigenvalue weighted by Gasteiger charge is 2.04. The Bertz CT molecular complexity index is 401. The van der Waals surface area contributed by atoms with Gasteiger partial charge in [0.2, 0.25) is 5.91 Å². The van der Waals surface area contributed by atoms with Crippen molar-refractivity contribution < 1.29 is 9.90 Å². The summed E-state index contributed by atoms with van der Waals surface area (Å²) in [5, 5.41) is 20.3. The van der Waals surface area contributed by atoms with Crippen LogP contribution in [0.3, 0.4) is 0 Å². The Kier molecular flexibility index (Phi) is 5.23. The molecule has 0 aromatic heterocycles. The molecule has 0 aliphatic heterocycles. The van der Waals surface area contributed by atoms with E-state index in [2.05, 4.69) is 5.32 Å². The summed E-state index contributed by atoms with van der Waals surface area (Å²) in [5.74, 6) is 0.282. The highest BCUT2D eigenvalue weighted by atomic mass is 32.2. The Morgan fingerprint density at radius 2 is 2.25 bits per heavy atom. The van der Waals surface area contributed by atoms with Gasteiger partial charge in [-0.15, -0.1) is 11.8 Å². The van der Waals surface area contributed by atoms with Crippen molar-refractivity contribution in [2.45, 2.75) is 11.3 Å². The number of hydrogen-bond donors (Lipinski definition) is 2. The average molecular weight is 236 g/mol. The fourth-order valence-corrected chi connectivity index (χ4v) is 1.81. The predicted molar refractivity (Wildman–Crippen MR) is 62.1 cm³/mol. The third-order valence-corrected chi connectivity index (χ3v) is 2.85. The monoisotopic (exact) mass is 236 g/mol. The molecule has 0 unspecified atom stereocenters. The van der Waals surface area contributed by atoms with Crippen LogP contribution in [0.25, 0.3) is 0 Å². The smallest absolute Gasteiger partial charge is 0.230 e. The van der Waals surface area contributed by atoms with Crippen LogP contribution in [0.1, 0.15) is 6.42 Å². The van der Waals surface area contributed by atoms with Gasteiger partial charge in [-0.3, -0.25) is 4.79 Å². The summed E-state index contributed by atoms with van der Waals surface area (Å²) in [4.78, 5) is 12.0. The quantitative estimate of drug-likeness (QED) is 0.600. The zero-order valence-corrected chi connectivity index (χ0v) is 9.46. The van der Waals surface area contributed by atoms with Gasteiger partial charge in [0.05, 0.1) is 18.2 Å². The van der Waals surface area contributed by atoms with Crippen LogP contribution in [-0.4, -0.2) is 23.3 Å². The van der Waals surface area contributed by atoms with Gasteiger partial charge in [-0.1, -0.05) is 12.1 Å². The molecular weight excluding hydrogens is 224 g/mol. The molecule has 0 aliphatic rings. The molecule has 4 nitrogen and oxygen atoms in total. The first-order valence-corrected chi connectivity index (χ1v) is 5.77. The van der Waals surface area contributed by atoms with E-state index < -0.39 is 0 Å². The zero-order chi connectivity index (χ0) is 11.8. The van der Waals surface area contributed by atoms with Crippen molar-refractivity contribution in [1.82, 2.24) is 5.32 Å². The van der Waals surface area contributed by atoms with E-state index in [-0.39, 0.29) is 17.4 Å². The number of aromatic hydroxyl groups is 1. The van der Waals surface area contributed by atoms with Gasteiger partial charge in [0.1, 0.15) is 5.75 Å². The topological polar surface area (TPSA) is 73.1 Å². The molecule has 0 saturated heterocycles. The minimum atomic E-state index is -0.136. The van der Waals surface area contributed by atoms with Crippen LogP contribution in [0.2, 0.25) is 0 Å². The average Bonchev–Trinajstić information content (AvgIpc) is 2.28. The van der Waals surface area contributed by atoms with E-state index in [0.29, 0.717) is 17.9 Å². The molecule has 0 fully saturated rings. The summed E-state index contributed by atoms with van der Waals surface area (Å²) in [7, 11) is 0. The van der Waals surface area contributed by atoms with Gasteiger partial charge < -0.3 is 10.4 Å². The number of nitriles is 1. The number of rotatable bonds is 5. The second-order valence-electron chi connectivity index (χ2n) is 3.01. The normalized spacial score (nSPS) is 9.44. The fourth-order valence-electron chi connectivity index (χ4n) is 1.03. The Balaban J connectivity index is 2.32. The largest absolute Gasteiger partial charge is 0.507 e. The first kappa shape index (κ1) is 12.4. The third kappa shape index (κ3) is 4.24. The molecule has 1 aromatic carbocycles. The summed E-state index contributed by atoms with van der Waals surface area (Å²) in [6.45, 7) is 0.372. The molecule has 0 spiro atoms. The number of carbonyl (C=O) groups is 1. The highest BCUT2D eigenvalue weighted by molar-refractivity contribution is 8.00. The van der Waals surface area contributed by atoms with Crippen LogP contribution in [0.15, 0.2) is 29.2 Å². The van der Waals surface area contributed by atoms with Gasteiger partial charge in [0.25, 0.3) is 0 Å². The van der Waals surface area contributed by atoms with Crippen molar-refractivity contribution in [1.29, 1.82) is 5.26 Å². The van der Waals surface area contributed by atoms with E-state index in [1.54, 1.807) is 24.3 Å². The Morgan fingerprint density at radius 3 is 2.94 bits per heavy atom. The van der Waals surface area contributed by atoms with Crippen LogP contribution in [0.4, 0.5) is 0 Å². The second-order valence-corrected chi connectivity index (χ2v) is 4.03. The number of hydrogen-bond acceptors (Lipinski definition) is 4. The molecule has 0 radical (unpaired) electrons. The maximum absolute atomic E-state index is 11.3. The van der Waals surface area contributed by atoms with Crippen molar-refractivity contribution in [3.05, 3.63) is 24.3 Å². The van der Waals surface area contributed by atoms with Crippen molar-refractivity contribution in [3.8, 4) is 11.8 Å². The first-order chi connectivity index (χ1) is 7.74. The molecule has 0 bridgehead atoms. The van der Waals surface area contributed by atoms with Gasteiger partial charge in [-0.25, -0.2) is 0 Å². The van der Waals surface area contributed by atoms with Crippen LogP contribution >= 0.6 is 11.8 Å². The number of phenols is 1. The number of para-hydroxylation sites is 1. The lowest BCUT2D eigenvalue weighted by Crippen LogP contribution is -2.25. The standard InChI is InChI=1S/C11H12N2O2S/c12-6-3-7-13-11(15)8-16-10-5-2-1-4-9(10)14/h1-2,4-5,14H,3,7-8H2,(H,13,15). The highest BCUT2D eigenvalue weighted by Crippen LogP contribution is 2.27. The van der Waals surface area contributed by atoms with E-state index in [0.717, 1.165) is 0 Å². The Labute approximate surface area is 98.3 Å².